The van der Waals surface area contributed by atoms with Crippen molar-refractivity contribution in [1.29, 1.82) is 0 Å². The lowest BCUT2D eigenvalue weighted by molar-refractivity contribution is -0.138. The third kappa shape index (κ3) is 3.19. The first-order valence-corrected chi connectivity index (χ1v) is 6.08. The van der Waals surface area contributed by atoms with Crippen LogP contribution in [0.1, 0.15) is 11.3 Å². The standard InChI is InChI=1S/C13H16N4O3/c1-20-8-9-4-2-3-5-12(9)17-7-10(15-16-17)6-11(14)13(18)19/h2-5,7,11H,6,8,14H2,1H3,(H,18,19). The minimum absolute atomic E-state index is 0.141. The number of carbonyl (C=O) groups is 1. The highest BCUT2D eigenvalue weighted by Crippen LogP contribution is 2.14. The molecule has 2 aromatic rings. The number of methoxy groups -OCH3 is 1. The Morgan fingerprint density at radius 2 is 2.25 bits per heavy atom. The number of aliphatic carboxylic acids is 1. The van der Waals surface area contributed by atoms with Crippen LogP contribution in [0.5, 0.6) is 0 Å². The average molecular weight is 276 g/mol. The van der Waals surface area contributed by atoms with Gasteiger partial charge in [-0.05, 0) is 6.07 Å². The Labute approximate surface area is 116 Å². The lowest BCUT2D eigenvalue weighted by Gasteiger charge is -2.07. The van der Waals surface area contributed by atoms with Gasteiger partial charge in [-0.1, -0.05) is 23.4 Å². The molecule has 0 bridgehead atoms. The second kappa shape index (κ2) is 6.27. The molecule has 20 heavy (non-hydrogen) atoms. The van der Waals surface area contributed by atoms with Gasteiger partial charge in [0.1, 0.15) is 6.04 Å². The number of hydrogen-bond acceptors (Lipinski definition) is 5. The van der Waals surface area contributed by atoms with Crippen molar-refractivity contribution in [1.82, 2.24) is 15.0 Å². The Morgan fingerprint density at radius 3 is 2.95 bits per heavy atom. The molecule has 7 nitrogen and oxygen atoms in total. The van der Waals surface area contributed by atoms with Gasteiger partial charge in [0.25, 0.3) is 0 Å². The van der Waals surface area contributed by atoms with Crippen molar-refractivity contribution in [3.8, 4) is 5.69 Å². The molecule has 0 spiro atoms. The lowest BCUT2D eigenvalue weighted by atomic mass is 10.2. The van der Waals surface area contributed by atoms with Crippen molar-refractivity contribution in [2.75, 3.05) is 7.11 Å². The number of ether oxygens (including phenoxy) is 1. The fraction of sp³-hybridized carbons (Fsp3) is 0.308. The minimum Gasteiger partial charge on any atom is -0.480 e. The van der Waals surface area contributed by atoms with Gasteiger partial charge in [-0.2, -0.15) is 0 Å². The van der Waals surface area contributed by atoms with Crippen LogP contribution in [0.2, 0.25) is 0 Å². The van der Waals surface area contributed by atoms with Crippen molar-refractivity contribution in [3.05, 3.63) is 41.7 Å². The van der Waals surface area contributed by atoms with Gasteiger partial charge in [0.2, 0.25) is 0 Å². The summed E-state index contributed by atoms with van der Waals surface area (Å²) >= 11 is 0. The SMILES string of the molecule is COCc1ccccc1-n1cc(CC(N)C(=O)O)nn1. The number of benzene rings is 1. The normalized spacial score (nSPS) is 12.3. The molecule has 3 N–H and O–H groups in total. The van der Waals surface area contributed by atoms with E-state index in [0.29, 0.717) is 12.3 Å². The molecule has 1 aromatic heterocycles. The third-order valence-electron chi connectivity index (χ3n) is 2.83. The topological polar surface area (TPSA) is 103 Å². The molecular weight excluding hydrogens is 260 g/mol. The van der Waals surface area contributed by atoms with Crippen LogP contribution >= 0.6 is 0 Å². The molecule has 106 valence electrons. The van der Waals surface area contributed by atoms with Gasteiger partial charge in [-0.25, -0.2) is 4.68 Å². The van der Waals surface area contributed by atoms with Gasteiger partial charge < -0.3 is 15.6 Å². The second-order valence-corrected chi connectivity index (χ2v) is 4.37. The van der Waals surface area contributed by atoms with Crippen LogP contribution in [0, 0.1) is 0 Å². The summed E-state index contributed by atoms with van der Waals surface area (Å²) in [5.41, 5.74) is 7.82. The van der Waals surface area contributed by atoms with Gasteiger partial charge >= 0.3 is 5.97 Å². The predicted octanol–water partition coefficient (Wildman–Crippen LogP) is 0.368. The maximum atomic E-state index is 10.7. The van der Waals surface area contributed by atoms with Crippen molar-refractivity contribution in [2.45, 2.75) is 19.1 Å². The van der Waals surface area contributed by atoms with Crippen molar-refractivity contribution in [2.24, 2.45) is 5.73 Å². The molecule has 0 saturated carbocycles. The molecule has 0 aliphatic carbocycles. The van der Waals surface area contributed by atoms with Gasteiger partial charge in [-0.15, -0.1) is 5.10 Å². The van der Waals surface area contributed by atoms with E-state index in [1.54, 1.807) is 18.0 Å². The Balaban J connectivity index is 2.22. The lowest BCUT2D eigenvalue weighted by Crippen LogP contribution is -2.32. The molecule has 0 saturated heterocycles. The highest BCUT2D eigenvalue weighted by atomic mass is 16.5. The van der Waals surface area contributed by atoms with E-state index in [0.717, 1.165) is 11.3 Å². The molecule has 0 fully saturated rings. The number of hydrogen-bond donors (Lipinski definition) is 2. The quantitative estimate of drug-likeness (QED) is 0.790. The number of nitrogens with two attached hydrogens (primary N) is 1. The summed E-state index contributed by atoms with van der Waals surface area (Å²) in [5, 5.41) is 16.7. The largest absolute Gasteiger partial charge is 0.480 e. The molecule has 0 aliphatic heterocycles. The first kappa shape index (κ1) is 14.2. The van der Waals surface area contributed by atoms with Crippen LogP contribution in [-0.2, 0) is 22.6 Å². The summed E-state index contributed by atoms with van der Waals surface area (Å²) in [6, 6.07) is 6.65. The van der Waals surface area contributed by atoms with E-state index < -0.39 is 12.0 Å². The van der Waals surface area contributed by atoms with E-state index in [2.05, 4.69) is 10.3 Å². The Morgan fingerprint density at radius 1 is 1.50 bits per heavy atom. The zero-order valence-corrected chi connectivity index (χ0v) is 11.1. The molecule has 1 heterocycles. The monoisotopic (exact) mass is 276 g/mol. The number of aromatic nitrogens is 3. The summed E-state index contributed by atoms with van der Waals surface area (Å²) in [5.74, 6) is -1.06. The van der Waals surface area contributed by atoms with E-state index in [1.807, 2.05) is 24.3 Å². The van der Waals surface area contributed by atoms with E-state index in [9.17, 15) is 4.79 Å². The number of nitrogens with zero attached hydrogens (tertiary/aromatic N) is 3. The van der Waals surface area contributed by atoms with Crippen LogP contribution in [0.15, 0.2) is 30.5 Å². The maximum absolute atomic E-state index is 10.7. The highest BCUT2D eigenvalue weighted by Gasteiger charge is 2.15. The van der Waals surface area contributed by atoms with E-state index in [1.165, 1.54) is 0 Å². The molecular formula is C13H16N4O3. The fourth-order valence-corrected chi connectivity index (χ4v) is 1.83. The molecule has 1 atom stereocenters. The smallest absolute Gasteiger partial charge is 0.320 e. The first-order valence-electron chi connectivity index (χ1n) is 6.08. The second-order valence-electron chi connectivity index (χ2n) is 4.37. The molecule has 1 unspecified atom stereocenters. The predicted molar refractivity (Wildman–Crippen MR) is 71.4 cm³/mol. The summed E-state index contributed by atoms with van der Waals surface area (Å²) in [7, 11) is 1.62. The average Bonchev–Trinajstić information content (AvgIpc) is 2.88. The van der Waals surface area contributed by atoms with Crippen LogP contribution in [-0.4, -0.2) is 39.2 Å². The number of carboxylic acid groups (broad SMARTS) is 1. The number of carboxylic acids is 1. The van der Waals surface area contributed by atoms with Crippen molar-refractivity contribution < 1.29 is 14.6 Å². The molecule has 0 aliphatic rings. The zero-order valence-electron chi connectivity index (χ0n) is 11.1. The van der Waals surface area contributed by atoms with E-state index in [-0.39, 0.29) is 6.42 Å². The molecule has 0 amide bonds. The van der Waals surface area contributed by atoms with Gasteiger partial charge in [0.05, 0.1) is 24.2 Å². The van der Waals surface area contributed by atoms with E-state index in [4.69, 9.17) is 15.6 Å². The first-order chi connectivity index (χ1) is 9.61. The van der Waals surface area contributed by atoms with Crippen LogP contribution < -0.4 is 5.73 Å². The summed E-state index contributed by atoms with van der Waals surface area (Å²) < 4.78 is 6.73. The Kier molecular flexibility index (Phi) is 4.44. The van der Waals surface area contributed by atoms with E-state index >= 15 is 0 Å². The van der Waals surface area contributed by atoms with Gasteiger partial charge in [-0.3, -0.25) is 4.79 Å². The zero-order chi connectivity index (χ0) is 14.5. The Hall–Kier alpha value is -2.25. The third-order valence-corrected chi connectivity index (χ3v) is 2.83. The number of rotatable bonds is 6. The van der Waals surface area contributed by atoms with Crippen molar-refractivity contribution >= 4 is 5.97 Å². The Bertz CT molecular complexity index is 597. The van der Waals surface area contributed by atoms with Gasteiger partial charge in [0, 0.05) is 19.1 Å². The van der Waals surface area contributed by atoms with Crippen LogP contribution in [0.3, 0.4) is 0 Å². The summed E-state index contributed by atoms with van der Waals surface area (Å²) in [6.45, 7) is 0.458. The van der Waals surface area contributed by atoms with Crippen LogP contribution in [0.25, 0.3) is 5.69 Å². The summed E-state index contributed by atoms with van der Waals surface area (Å²) in [4.78, 5) is 10.7. The van der Waals surface area contributed by atoms with Crippen LogP contribution in [0.4, 0.5) is 0 Å². The summed E-state index contributed by atoms with van der Waals surface area (Å²) in [6.07, 6.45) is 1.82. The molecule has 2 rings (SSSR count). The van der Waals surface area contributed by atoms with Crippen molar-refractivity contribution in [3.63, 3.8) is 0 Å². The molecule has 7 heteroatoms. The minimum atomic E-state index is -1.06. The number of para-hydroxylation sites is 1. The molecule has 1 aromatic carbocycles. The fourth-order valence-electron chi connectivity index (χ4n) is 1.83. The molecule has 0 radical (unpaired) electrons. The van der Waals surface area contributed by atoms with Gasteiger partial charge in [0.15, 0.2) is 0 Å². The maximum Gasteiger partial charge on any atom is 0.320 e. The highest BCUT2D eigenvalue weighted by molar-refractivity contribution is 5.73.